The minimum Gasteiger partial charge on any atom is -0.331 e. The topological polar surface area (TPSA) is 17.8 Å². The highest BCUT2D eigenvalue weighted by molar-refractivity contribution is 5.02. The number of imidazole rings is 1. The maximum atomic E-state index is 4.14. The summed E-state index contributed by atoms with van der Waals surface area (Å²) in [5.74, 6) is 1.02. The molecule has 1 aromatic rings. The lowest BCUT2D eigenvalue weighted by molar-refractivity contribution is 0.291. The Labute approximate surface area is 72.6 Å². The summed E-state index contributed by atoms with van der Waals surface area (Å²) in [6.45, 7) is 0. The van der Waals surface area contributed by atoms with E-state index in [1.807, 2.05) is 12.5 Å². The number of fused-ring (bicyclic) bond motifs is 2. The molecule has 0 N–H and O–H groups in total. The molecule has 0 amide bonds. The first-order valence-corrected chi connectivity index (χ1v) is 4.88. The number of hydrogen-bond donors (Lipinski definition) is 0. The summed E-state index contributed by atoms with van der Waals surface area (Å²) < 4.78 is 2.35. The largest absolute Gasteiger partial charge is 0.331 e. The second kappa shape index (κ2) is 2.12. The van der Waals surface area contributed by atoms with Crippen molar-refractivity contribution in [3.05, 3.63) is 18.7 Å². The van der Waals surface area contributed by atoms with E-state index in [1.54, 1.807) is 0 Å². The molecule has 3 rings (SSSR count). The maximum Gasteiger partial charge on any atom is 0.0951 e. The Kier molecular flexibility index (Phi) is 1.18. The van der Waals surface area contributed by atoms with E-state index in [2.05, 4.69) is 15.7 Å². The molecule has 64 valence electrons. The highest BCUT2D eigenvalue weighted by Gasteiger charge is 2.45. The summed E-state index contributed by atoms with van der Waals surface area (Å²) in [5.41, 5.74) is 0.487. The average molecular weight is 162 g/mol. The molecule has 0 aromatic carbocycles. The van der Waals surface area contributed by atoms with E-state index in [0.717, 1.165) is 5.92 Å². The number of aromatic nitrogens is 2. The van der Waals surface area contributed by atoms with Crippen molar-refractivity contribution in [1.82, 2.24) is 9.55 Å². The van der Waals surface area contributed by atoms with Gasteiger partial charge in [-0.1, -0.05) is 0 Å². The van der Waals surface area contributed by atoms with E-state index in [4.69, 9.17) is 0 Å². The Hall–Kier alpha value is -0.790. The summed E-state index contributed by atoms with van der Waals surface area (Å²) >= 11 is 0. The zero-order valence-electron chi connectivity index (χ0n) is 7.24. The van der Waals surface area contributed by atoms with Crippen LogP contribution in [0.2, 0.25) is 0 Å². The predicted octanol–water partition coefficient (Wildman–Crippen LogP) is 2.17. The molecule has 0 unspecified atom stereocenters. The predicted molar refractivity (Wildman–Crippen MR) is 46.8 cm³/mol. The Balaban J connectivity index is 2.01. The van der Waals surface area contributed by atoms with Crippen molar-refractivity contribution >= 4 is 0 Å². The van der Waals surface area contributed by atoms with E-state index in [0.29, 0.717) is 5.54 Å². The summed E-state index contributed by atoms with van der Waals surface area (Å²) in [4.78, 5) is 4.14. The standard InChI is InChI=1S/C10H14N2/c1-3-10(4-2-9(1)7-10)12-6-5-11-8-12/h5-6,8-9H,1-4,7H2. The molecule has 1 aromatic heterocycles. The average Bonchev–Trinajstić information content (AvgIpc) is 2.82. The van der Waals surface area contributed by atoms with Gasteiger partial charge in [0.05, 0.1) is 6.33 Å². The van der Waals surface area contributed by atoms with Gasteiger partial charge < -0.3 is 4.57 Å². The third-order valence-electron chi connectivity index (χ3n) is 3.76. The number of hydrogen-bond acceptors (Lipinski definition) is 1. The molecule has 0 aliphatic heterocycles. The fourth-order valence-electron chi connectivity index (χ4n) is 3.06. The lowest BCUT2D eigenvalue weighted by Gasteiger charge is -2.28. The van der Waals surface area contributed by atoms with Crippen molar-refractivity contribution in [3.8, 4) is 0 Å². The van der Waals surface area contributed by atoms with Crippen LogP contribution in [-0.4, -0.2) is 9.55 Å². The van der Waals surface area contributed by atoms with Crippen molar-refractivity contribution in [2.45, 2.75) is 37.6 Å². The third-order valence-corrected chi connectivity index (χ3v) is 3.76. The van der Waals surface area contributed by atoms with Crippen LogP contribution in [0.1, 0.15) is 32.1 Å². The molecule has 2 nitrogen and oxygen atoms in total. The minimum atomic E-state index is 0.487. The van der Waals surface area contributed by atoms with Crippen LogP contribution in [0.15, 0.2) is 18.7 Å². The highest BCUT2D eigenvalue weighted by atomic mass is 15.1. The van der Waals surface area contributed by atoms with Gasteiger partial charge in [-0.05, 0) is 38.0 Å². The molecule has 0 spiro atoms. The van der Waals surface area contributed by atoms with Crippen LogP contribution in [0.25, 0.3) is 0 Å². The van der Waals surface area contributed by atoms with Crippen molar-refractivity contribution in [2.24, 2.45) is 5.92 Å². The smallest absolute Gasteiger partial charge is 0.0951 e. The molecule has 1 heterocycles. The van der Waals surface area contributed by atoms with Gasteiger partial charge in [0.15, 0.2) is 0 Å². The van der Waals surface area contributed by atoms with Crippen LogP contribution in [0.5, 0.6) is 0 Å². The first-order chi connectivity index (χ1) is 5.89. The summed E-state index contributed by atoms with van der Waals surface area (Å²) in [5, 5.41) is 0. The van der Waals surface area contributed by atoms with Crippen molar-refractivity contribution in [2.75, 3.05) is 0 Å². The molecule has 2 saturated carbocycles. The molecule has 0 atom stereocenters. The van der Waals surface area contributed by atoms with Gasteiger partial charge in [0, 0.05) is 17.9 Å². The summed E-state index contributed by atoms with van der Waals surface area (Å²) in [6.07, 6.45) is 13.1. The first-order valence-electron chi connectivity index (χ1n) is 4.88. The molecule has 2 bridgehead atoms. The van der Waals surface area contributed by atoms with Crippen molar-refractivity contribution < 1.29 is 0 Å². The van der Waals surface area contributed by atoms with Crippen LogP contribution in [0.3, 0.4) is 0 Å². The van der Waals surface area contributed by atoms with Crippen LogP contribution in [-0.2, 0) is 5.54 Å². The van der Waals surface area contributed by atoms with Gasteiger partial charge in [0.1, 0.15) is 0 Å². The second-order valence-electron chi connectivity index (χ2n) is 4.34. The lowest BCUT2D eigenvalue weighted by Crippen LogP contribution is -2.26. The molecule has 2 aliphatic carbocycles. The fraction of sp³-hybridized carbons (Fsp3) is 0.700. The van der Waals surface area contributed by atoms with Gasteiger partial charge in [-0.25, -0.2) is 4.98 Å². The molecular formula is C10H14N2. The third kappa shape index (κ3) is 0.728. The normalized spacial score (nSPS) is 39.2. The van der Waals surface area contributed by atoms with Gasteiger partial charge in [-0.15, -0.1) is 0 Å². The van der Waals surface area contributed by atoms with E-state index >= 15 is 0 Å². The molecule has 12 heavy (non-hydrogen) atoms. The van der Waals surface area contributed by atoms with Gasteiger partial charge in [0.25, 0.3) is 0 Å². The van der Waals surface area contributed by atoms with Gasteiger partial charge in [-0.2, -0.15) is 0 Å². The Morgan fingerprint density at radius 1 is 1.33 bits per heavy atom. The van der Waals surface area contributed by atoms with Gasteiger partial charge in [0.2, 0.25) is 0 Å². The Bertz CT molecular complexity index is 268. The van der Waals surface area contributed by atoms with E-state index in [9.17, 15) is 0 Å². The van der Waals surface area contributed by atoms with Gasteiger partial charge in [-0.3, -0.25) is 0 Å². The van der Waals surface area contributed by atoms with Crippen LogP contribution < -0.4 is 0 Å². The molecular weight excluding hydrogens is 148 g/mol. The summed E-state index contributed by atoms with van der Waals surface area (Å²) in [7, 11) is 0. The summed E-state index contributed by atoms with van der Waals surface area (Å²) in [6, 6.07) is 0. The zero-order valence-corrected chi connectivity index (χ0v) is 7.24. The molecule has 0 radical (unpaired) electrons. The minimum absolute atomic E-state index is 0.487. The molecule has 0 saturated heterocycles. The van der Waals surface area contributed by atoms with Crippen molar-refractivity contribution in [1.29, 1.82) is 0 Å². The monoisotopic (exact) mass is 162 g/mol. The van der Waals surface area contributed by atoms with E-state index < -0.39 is 0 Å². The van der Waals surface area contributed by atoms with Crippen molar-refractivity contribution in [3.63, 3.8) is 0 Å². The SMILES string of the molecule is c1cn(C23CCC(CC2)C3)cn1. The maximum absolute atomic E-state index is 4.14. The molecule has 2 aliphatic rings. The fourth-order valence-corrected chi connectivity index (χ4v) is 3.06. The molecule has 2 fully saturated rings. The van der Waals surface area contributed by atoms with Crippen LogP contribution in [0, 0.1) is 5.92 Å². The first kappa shape index (κ1) is 6.70. The number of nitrogens with zero attached hydrogens (tertiary/aromatic N) is 2. The lowest BCUT2D eigenvalue weighted by atomic mass is 9.94. The van der Waals surface area contributed by atoms with Crippen LogP contribution >= 0.6 is 0 Å². The quantitative estimate of drug-likeness (QED) is 0.618. The van der Waals surface area contributed by atoms with E-state index in [1.165, 1.54) is 32.1 Å². The van der Waals surface area contributed by atoms with Crippen LogP contribution in [0.4, 0.5) is 0 Å². The second-order valence-corrected chi connectivity index (χ2v) is 4.34. The highest BCUT2D eigenvalue weighted by Crippen LogP contribution is 2.52. The Morgan fingerprint density at radius 3 is 2.67 bits per heavy atom. The zero-order chi connectivity index (χ0) is 8.02. The molecule has 2 heteroatoms. The van der Waals surface area contributed by atoms with Gasteiger partial charge >= 0.3 is 0 Å². The Morgan fingerprint density at radius 2 is 2.17 bits per heavy atom. The van der Waals surface area contributed by atoms with E-state index in [-0.39, 0.29) is 0 Å². The number of rotatable bonds is 1.